The third-order valence-corrected chi connectivity index (χ3v) is 4.18. The Morgan fingerprint density at radius 2 is 1.96 bits per heavy atom. The minimum absolute atomic E-state index is 0.123. The van der Waals surface area contributed by atoms with Crippen molar-refractivity contribution >= 4 is 29.3 Å². The van der Waals surface area contributed by atoms with Gasteiger partial charge >= 0.3 is 0 Å². The van der Waals surface area contributed by atoms with Crippen LogP contribution in [0, 0.1) is 0 Å². The highest BCUT2D eigenvalue weighted by Crippen LogP contribution is 2.14. The SMILES string of the molecule is O=C(CCNC(=O)c1ccccc1Cl)NCCCN1CCCC1=O. The zero-order chi connectivity index (χ0) is 17.4. The van der Waals surface area contributed by atoms with Gasteiger partial charge in [0.2, 0.25) is 11.8 Å². The molecule has 3 amide bonds. The average Bonchev–Trinajstić information content (AvgIpc) is 2.97. The molecule has 1 aromatic rings. The lowest BCUT2D eigenvalue weighted by molar-refractivity contribution is -0.127. The second-order valence-electron chi connectivity index (χ2n) is 5.67. The Labute approximate surface area is 146 Å². The molecule has 24 heavy (non-hydrogen) atoms. The van der Waals surface area contributed by atoms with Crippen LogP contribution >= 0.6 is 11.6 Å². The summed E-state index contributed by atoms with van der Waals surface area (Å²) in [4.78, 5) is 36.9. The summed E-state index contributed by atoms with van der Waals surface area (Å²) in [5.41, 5.74) is 0.398. The zero-order valence-electron chi connectivity index (χ0n) is 13.5. The minimum atomic E-state index is -0.291. The van der Waals surface area contributed by atoms with Gasteiger partial charge in [-0.25, -0.2) is 0 Å². The van der Waals surface area contributed by atoms with Crippen LogP contribution in [-0.2, 0) is 9.59 Å². The van der Waals surface area contributed by atoms with E-state index in [2.05, 4.69) is 10.6 Å². The number of amides is 3. The van der Waals surface area contributed by atoms with E-state index in [-0.39, 0.29) is 30.7 Å². The first-order chi connectivity index (χ1) is 11.6. The van der Waals surface area contributed by atoms with Crippen LogP contribution in [0.1, 0.15) is 36.0 Å². The first kappa shape index (κ1) is 18.3. The van der Waals surface area contributed by atoms with E-state index in [1.165, 1.54) is 0 Å². The van der Waals surface area contributed by atoms with E-state index < -0.39 is 0 Å². The number of halogens is 1. The number of nitrogens with one attached hydrogen (secondary N) is 2. The predicted octanol–water partition coefficient (Wildman–Crippen LogP) is 1.59. The van der Waals surface area contributed by atoms with Gasteiger partial charge in [0.25, 0.3) is 5.91 Å². The second kappa shape index (κ2) is 9.27. The maximum absolute atomic E-state index is 11.9. The van der Waals surface area contributed by atoms with Crippen LogP contribution < -0.4 is 10.6 Å². The summed E-state index contributed by atoms with van der Waals surface area (Å²) in [6.07, 6.45) is 2.51. The summed E-state index contributed by atoms with van der Waals surface area (Å²) < 4.78 is 0. The summed E-state index contributed by atoms with van der Waals surface area (Å²) in [5.74, 6) is -0.216. The van der Waals surface area contributed by atoms with Crippen molar-refractivity contribution in [3.8, 4) is 0 Å². The molecule has 0 aromatic heterocycles. The molecule has 1 heterocycles. The smallest absolute Gasteiger partial charge is 0.252 e. The van der Waals surface area contributed by atoms with Crippen molar-refractivity contribution in [1.29, 1.82) is 0 Å². The molecular weight excluding hydrogens is 330 g/mol. The molecule has 2 N–H and O–H groups in total. The molecule has 0 radical (unpaired) electrons. The first-order valence-electron chi connectivity index (χ1n) is 8.15. The van der Waals surface area contributed by atoms with Crippen molar-refractivity contribution in [1.82, 2.24) is 15.5 Å². The van der Waals surface area contributed by atoms with Crippen LogP contribution in [0.2, 0.25) is 5.02 Å². The van der Waals surface area contributed by atoms with Crippen LogP contribution in [0.3, 0.4) is 0 Å². The van der Waals surface area contributed by atoms with Crippen LogP contribution in [0.25, 0.3) is 0 Å². The monoisotopic (exact) mass is 351 g/mol. The van der Waals surface area contributed by atoms with Crippen LogP contribution in [0.15, 0.2) is 24.3 Å². The maximum Gasteiger partial charge on any atom is 0.252 e. The number of carbonyl (C=O) groups is 3. The van der Waals surface area contributed by atoms with Gasteiger partial charge in [0, 0.05) is 39.0 Å². The van der Waals surface area contributed by atoms with Gasteiger partial charge < -0.3 is 15.5 Å². The van der Waals surface area contributed by atoms with Crippen LogP contribution in [0.4, 0.5) is 0 Å². The largest absolute Gasteiger partial charge is 0.356 e. The summed E-state index contributed by atoms with van der Waals surface area (Å²) in [6.45, 7) is 2.28. The molecule has 2 rings (SSSR count). The number of carbonyl (C=O) groups excluding carboxylic acids is 3. The number of rotatable bonds is 8. The number of nitrogens with zero attached hydrogens (tertiary/aromatic N) is 1. The fourth-order valence-electron chi connectivity index (χ4n) is 2.56. The van der Waals surface area contributed by atoms with E-state index in [1.807, 2.05) is 4.90 Å². The van der Waals surface area contributed by atoms with Gasteiger partial charge in [0.15, 0.2) is 0 Å². The fourth-order valence-corrected chi connectivity index (χ4v) is 2.78. The molecule has 130 valence electrons. The summed E-state index contributed by atoms with van der Waals surface area (Å²) in [7, 11) is 0. The Bertz CT molecular complexity index is 606. The lowest BCUT2D eigenvalue weighted by Gasteiger charge is -2.15. The molecule has 0 aliphatic carbocycles. The molecule has 1 aliphatic rings. The maximum atomic E-state index is 11.9. The van der Waals surface area contributed by atoms with E-state index in [0.29, 0.717) is 30.1 Å². The number of likely N-dealkylation sites (tertiary alicyclic amines) is 1. The molecule has 0 unspecified atom stereocenters. The van der Waals surface area contributed by atoms with Crippen molar-refractivity contribution in [2.45, 2.75) is 25.7 Å². The van der Waals surface area contributed by atoms with E-state index in [4.69, 9.17) is 11.6 Å². The Morgan fingerprint density at radius 1 is 1.17 bits per heavy atom. The summed E-state index contributed by atoms with van der Waals surface area (Å²) in [6, 6.07) is 6.77. The third kappa shape index (κ3) is 5.53. The Kier molecular flexibility index (Phi) is 7.06. The van der Waals surface area contributed by atoms with E-state index in [0.717, 1.165) is 19.4 Å². The highest BCUT2D eigenvalue weighted by molar-refractivity contribution is 6.33. The van der Waals surface area contributed by atoms with Crippen LogP contribution in [-0.4, -0.2) is 48.8 Å². The van der Waals surface area contributed by atoms with Crippen molar-refractivity contribution in [2.75, 3.05) is 26.2 Å². The highest BCUT2D eigenvalue weighted by atomic mass is 35.5. The summed E-state index contributed by atoms with van der Waals surface area (Å²) >= 11 is 5.94. The normalized spacial score (nSPS) is 13.9. The van der Waals surface area contributed by atoms with Crippen molar-refractivity contribution in [3.63, 3.8) is 0 Å². The fraction of sp³-hybridized carbons (Fsp3) is 0.471. The number of benzene rings is 1. The lowest BCUT2D eigenvalue weighted by Crippen LogP contribution is -2.33. The summed E-state index contributed by atoms with van der Waals surface area (Å²) in [5, 5.41) is 5.85. The molecule has 0 saturated carbocycles. The number of hydrogen-bond donors (Lipinski definition) is 2. The third-order valence-electron chi connectivity index (χ3n) is 3.85. The topological polar surface area (TPSA) is 78.5 Å². The first-order valence-corrected chi connectivity index (χ1v) is 8.53. The minimum Gasteiger partial charge on any atom is -0.356 e. The average molecular weight is 352 g/mol. The van der Waals surface area contributed by atoms with Crippen molar-refractivity contribution < 1.29 is 14.4 Å². The lowest BCUT2D eigenvalue weighted by atomic mass is 10.2. The number of hydrogen-bond acceptors (Lipinski definition) is 3. The van der Waals surface area contributed by atoms with E-state index >= 15 is 0 Å². The van der Waals surface area contributed by atoms with Crippen molar-refractivity contribution in [3.05, 3.63) is 34.9 Å². The van der Waals surface area contributed by atoms with Gasteiger partial charge in [0.05, 0.1) is 10.6 Å². The van der Waals surface area contributed by atoms with Crippen LogP contribution in [0.5, 0.6) is 0 Å². The molecule has 1 saturated heterocycles. The van der Waals surface area contributed by atoms with Gasteiger partial charge in [-0.05, 0) is 25.0 Å². The Morgan fingerprint density at radius 3 is 2.67 bits per heavy atom. The molecule has 6 nitrogen and oxygen atoms in total. The molecule has 1 aliphatic heterocycles. The van der Waals surface area contributed by atoms with Gasteiger partial charge in [-0.15, -0.1) is 0 Å². The highest BCUT2D eigenvalue weighted by Gasteiger charge is 2.19. The van der Waals surface area contributed by atoms with Gasteiger partial charge in [-0.2, -0.15) is 0 Å². The van der Waals surface area contributed by atoms with Gasteiger partial charge in [0.1, 0.15) is 0 Å². The molecule has 0 spiro atoms. The van der Waals surface area contributed by atoms with E-state index in [1.54, 1.807) is 24.3 Å². The predicted molar refractivity (Wildman–Crippen MR) is 91.8 cm³/mol. The van der Waals surface area contributed by atoms with Crippen molar-refractivity contribution in [2.24, 2.45) is 0 Å². The molecular formula is C17H22ClN3O3. The zero-order valence-corrected chi connectivity index (χ0v) is 14.3. The molecule has 0 bridgehead atoms. The van der Waals surface area contributed by atoms with E-state index in [9.17, 15) is 14.4 Å². The van der Waals surface area contributed by atoms with Gasteiger partial charge in [-0.1, -0.05) is 23.7 Å². The molecule has 1 aromatic carbocycles. The van der Waals surface area contributed by atoms with Gasteiger partial charge in [-0.3, -0.25) is 14.4 Å². The Hall–Kier alpha value is -2.08. The molecule has 7 heteroatoms. The molecule has 0 atom stereocenters. The Balaban J connectivity index is 1.57. The quantitative estimate of drug-likeness (QED) is 0.698. The standard InChI is InChI=1S/C17H22ClN3O3/c18-14-6-2-1-5-13(14)17(24)20-10-8-15(22)19-9-4-12-21-11-3-7-16(21)23/h1-2,5-6H,3-4,7-12H2,(H,19,22)(H,20,24). The molecule has 1 fully saturated rings. The second-order valence-corrected chi connectivity index (χ2v) is 6.08.